The smallest absolute Gasteiger partial charge is 0.144 e. The van der Waals surface area contributed by atoms with Crippen LogP contribution in [-0.2, 0) is 0 Å². The fourth-order valence-corrected chi connectivity index (χ4v) is 2.67. The Kier molecular flexibility index (Phi) is 4.06. The highest BCUT2D eigenvalue weighted by Crippen LogP contribution is 2.26. The largest absolute Gasteiger partial charge is 0.368 e. The number of anilines is 1. The van der Waals surface area contributed by atoms with Gasteiger partial charge in [0.05, 0.1) is 5.56 Å². The second-order valence-electron chi connectivity index (χ2n) is 5.86. The molecule has 2 N–H and O–H groups in total. The molecular formula is C15H22N4. The van der Waals surface area contributed by atoms with Gasteiger partial charge in [0, 0.05) is 18.8 Å². The summed E-state index contributed by atoms with van der Waals surface area (Å²) in [6.45, 7) is 9.18. The SMILES string of the molecule is Cc1cc(C)c(C#N)c(NCC2(C)CCCNC2)n1. The van der Waals surface area contributed by atoms with E-state index in [0.717, 1.165) is 36.7 Å². The standard InChI is InChI=1S/C15H22N4/c1-11-7-12(2)19-14(13(11)8-16)18-10-15(3)5-4-6-17-9-15/h7,17H,4-6,9-10H2,1-3H3,(H,18,19). The molecular weight excluding hydrogens is 236 g/mol. The van der Waals surface area contributed by atoms with E-state index in [9.17, 15) is 5.26 Å². The lowest BCUT2D eigenvalue weighted by Crippen LogP contribution is -2.42. The van der Waals surface area contributed by atoms with Gasteiger partial charge in [-0.1, -0.05) is 6.92 Å². The number of nitrogens with one attached hydrogen (secondary N) is 2. The number of pyridine rings is 1. The van der Waals surface area contributed by atoms with E-state index < -0.39 is 0 Å². The van der Waals surface area contributed by atoms with Gasteiger partial charge in [0.1, 0.15) is 11.9 Å². The summed E-state index contributed by atoms with van der Waals surface area (Å²) >= 11 is 0. The summed E-state index contributed by atoms with van der Waals surface area (Å²) in [7, 11) is 0. The molecule has 0 amide bonds. The number of aromatic nitrogens is 1. The monoisotopic (exact) mass is 258 g/mol. The van der Waals surface area contributed by atoms with Crippen molar-refractivity contribution < 1.29 is 0 Å². The third kappa shape index (κ3) is 3.24. The van der Waals surface area contributed by atoms with Crippen LogP contribution in [0.5, 0.6) is 0 Å². The zero-order valence-electron chi connectivity index (χ0n) is 12.0. The van der Waals surface area contributed by atoms with E-state index in [1.165, 1.54) is 12.8 Å². The van der Waals surface area contributed by atoms with Crippen LogP contribution in [0, 0.1) is 30.6 Å². The molecule has 0 aliphatic carbocycles. The molecule has 4 nitrogen and oxygen atoms in total. The Morgan fingerprint density at radius 1 is 1.53 bits per heavy atom. The predicted molar refractivity (Wildman–Crippen MR) is 77.1 cm³/mol. The number of rotatable bonds is 3. The lowest BCUT2D eigenvalue weighted by molar-refractivity contribution is 0.253. The minimum absolute atomic E-state index is 0.240. The van der Waals surface area contributed by atoms with Gasteiger partial charge in [0.2, 0.25) is 0 Å². The Bertz CT molecular complexity index is 496. The molecule has 1 aliphatic heterocycles. The fraction of sp³-hybridized carbons (Fsp3) is 0.600. The third-order valence-electron chi connectivity index (χ3n) is 3.82. The Labute approximate surface area is 115 Å². The van der Waals surface area contributed by atoms with Gasteiger partial charge in [-0.25, -0.2) is 4.98 Å². The highest BCUT2D eigenvalue weighted by atomic mass is 15.0. The highest BCUT2D eigenvalue weighted by Gasteiger charge is 2.26. The zero-order chi connectivity index (χ0) is 13.9. The lowest BCUT2D eigenvalue weighted by Gasteiger charge is -2.34. The molecule has 0 saturated carbocycles. The van der Waals surface area contributed by atoms with Crippen molar-refractivity contribution in [3.63, 3.8) is 0 Å². The summed E-state index contributed by atoms with van der Waals surface area (Å²) in [4.78, 5) is 4.47. The van der Waals surface area contributed by atoms with Crippen LogP contribution in [0.2, 0.25) is 0 Å². The van der Waals surface area contributed by atoms with Gasteiger partial charge in [-0.15, -0.1) is 0 Å². The molecule has 0 radical (unpaired) electrons. The van der Waals surface area contributed by atoms with Crippen LogP contribution in [-0.4, -0.2) is 24.6 Å². The number of piperidine rings is 1. The van der Waals surface area contributed by atoms with E-state index >= 15 is 0 Å². The van der Waals surface area contributed by atoms with Crippen molar-refractivity contribution in [3.05, 3.63) is 22.9 Å². The van der Waals surface area contributed by atoms with Crippen LogP contribution in [0.3, 0.4) is 0 Å². The summed E-state index contributed by atoms with van der Waals surface area (Å²) in [6.07, 6.45) is 2.42. The molecule has 1 saturated heterocycles. The first-order valence-corrected chi connectivity index (χ1v) is 6.87. The number of nitriles is 1. The van der Waals surface area contributed by atoms with Crippen molar-refractivity contribution >= 4 is 5.82 Å². The molecule has 19 heavy (non-hydrogen) atoms. The molecule has 102 valence electrons. The predicted octanol–water partition coefficient (Wildman–Crippen LogP) is 2.37. The maximum absolute atomic E-state index is 9.25. The van der Waals surface area contributed by atoms with E-state index in [2.05, 4.69) is 28.6 Å². The molecule has 2 heterocycles. The van der Waals surface area contributed by atoms with Crippen molar-refractivity contribution in [2.75, 3.05) is 25.0 Å². The first kappa shape index (κ1) is 13.8. The van der Waals surface area contributed by atoms with Crippen molar-refractivity contribution in [2.45, 2.75) is 33.6 Å². The fourth-order valence-electron chi connectivity index (χ4n) is 2.67. The summed E-state index contributed by atoms with van der Waals surface area (Å²) in [5, 5.41) is 16.1. The Morgan fingerprint density at radius 3 is 2.95 bits per heavy atom. The van der Waals surface area contributed by atoms with E-state index in [1.54, 1.807) is 0 Å². The van der Waals surface area contributed by atoms with Crippen molar-refractivity contribution in [1.82, 2.24) is 10.3 Å². The number of hydrogen-bond donors (Lipinski definition) is 2. The first-order valence-electron chi connectivity index (χ1n) is 6.87. The summed E-state index contributed by atoms with van der Waals surface area (Å²) in [6, 6.07) is 4.20. The molecule has 2 rings (SSSR count). The van der Waals surface area contributed by atoms with Crippen LogP contribution in [0.15, 0.2) is 6.07 Å². The zero-order valence-corrected chi connectivity index (χ0v) is 12.0. The van der Waals surface area contributed by atoms with Gasteiger partial charge in [0.25, 0.3) is 0 Å². The molecule has 0 spiro atoms. The highest BCUT2D eigenvalue weighted by molar-refractivity contribution is 5.56. The maximum atomic E-state index is 9.25. The van der Waals surface area contributed by atoms with Gasteiger partial charge < -0.3 is 10.6 Å². The first-order chi connectivity index (χ1) is 9.04. The molecule has 1 unspecified atom stereocenters. The molecule has 1 atom stereocenters. The summed E-state index contributed by atoms with van der Waals surface area (Å²) in [5.41, 5.74) is 2.85. The third-order valence-corrected chi connectivity index (χ3v) is 3.82. The van der Waals surface area contributed by atoms with Crippen LogP contribution < -0.4 is 10.6 Å². The van der Waals surface area contributed by atoms with Gasteiger partial charge >= 0.3 is 0 Å². The van der Waals surface area contributed by atoms with Crippen LogP contribution in [0.1, 0.15) is 36.6 Å². The van der Waals surface area contributed by atoms with E-state index in [1.807, 2.05) is 19.9 Å². The van der Waals surface area contributed by atoms with Crippen molar-refractivity contribution in [3.8, 4) is 6.07 Å². The molecule has 0 aromatic carbocycles. The van der Waals surface area contributed by atoms with Gasteiger partial charge in [-0.05, 0) is 50.3 Å². The molecule has 4 heteroatoms. The van der Waals surface area contributed by atoms with Crippen LogP contribution in [0.25, 0.3) is 0 Å². The Morgan fingerprint density at radius 2 is 2.32 bits per heavy atom. The number of aryl methyl sites for hydroxylation is 2. The minimum Gasteiger partial charge on any atom is -0.368 e. The van der Waals surface area contributed by atoms with E-state index in [0.29, 0.717) is 5.56 Å². The van der Waals surface area contributed by atoms with Crippen LogP contribution >= 0.6 is 0 Å². The summed E-state index contributed by atoms with van der Waals surface area (Å²) < 4.78 is 0. The van der Waals surface area contributed by atoms with Gasteiger partial charge in [-0.3, -0.25) is 0 Å². The molecule has 0 bridgehead atoms. The lowest BCUT2D eigenvalue weighted by atomic mass is 9.83. The average Bonchev–Trinajstić information content (AvgIpc) is 2.37. The molecule has 1 aliphatic rings. The molecule has 1 aromatic heterocycles. The number of hydrogen-bond acceptors (Lipinski definition) is 4. The van der Waals surface area contributed by atoms with Crippen molar-refractivity contribution in [2.24, 2.45) is 5.41 Å². The van der Waals surface area contributed by atoms with E-state index in [4.69, 9.17) is 0 Å². The quantitative estimate of drug-likeness (QED) is 0.874. The average molecular weight is 258 g/mol. The van der Waals surface area contributed by atoms with Gasteiger partial charge in [-0.2, -0.15) is 5.26 Å². The normalized spacial score (nSPS) is 22.8. The molecule has 1 fully saturated rings. The second kappa shape index (κ2) is 5.58. The van der Waals surface area contributed by atoms with Gasteiger partial charge in [0.15, 0.2) is 0 Å². The second-order valence-corrected chi connectivity index (χ2v) is 5.86. The molecule has 1 aromatic rings. The van der Waals surface area contributed by atoms with Crippen molar-refractivity contribution in [1.29, 1.82) is 5.26 Å². The topological polar surface area (TPSA) is 60.7 Å². The minimum atomic E-state index is 0.240. The van der Waals surface area contributed by atoms with Crippen LogP contribution in [0.4, 0.5) is 5.82 Å². The summed E-state index contributed by atoms with van der Waals surface area (Å²) in [5.74, 6) is 0.729. The Balaban J connectivity index is 2.13. The maximum Gasteiger partial charge on any atom is 0.144 e. The Hall–Kier alpha value is -1.60. The van der Waals surface area contributed by atoms with E-state index in [-0.39, 0.29) is 5.41 Å². The number of nitrogens with zero attached hydrogens (tertiary/aromatic N) is 2.